The molecule has 2 nitrogen and oxygen atoms in total. The maximum atomic E-state index is 5.79. The van der Waals surface area contributed by atoms with Gasteiger partial charge >= 0.3 is 0 Å². The van der Waals surface area contributed by atoms with Crippen molar-refractivity contribution in [3.8, 4) is 22.6 Å². The molecule has 0 atom stereocenters. The van der Waals surface area contributed by atoms with Crippen LogP contribution in [0.5, 0.6) is 11.5 Å². The second kappa shape index (κ2) is 5.57. The summed E-state index contributed by atoms with van der Waals surface area (Å²) in [6.45, 7) is 0. The molecule has 3 rings (SSSR count). The van der Waals surface area contributed by atoms with Crippen molar-refractivity contribution >= 4 is 0 Å². The van der Waals surface area contributed by atoms with Crippen LogP contribution in [-0.2, 0) is 7.05 Å². The normalized spacial score (nSPS) is 10.2. The number of benzene rings is 2. The summed E-state index contributed by atoms with van der Waals surface area (Å²) in [4.78, 5) is 0. The summed E-state index contributed by atoms with van der Waals surface area (Å²) in [7, 11) is 2.02. The molecule has 0 spiro atoms. The van der Waals surface area contributed by atoms with E-state index in [2.05, 4.69) is 24.4 Å². The molecule has 0 unspecified atom stereocenters. The van der Waals surface area contributed by atoms with Gasteiger partial charge in [-0.2, -0.15) is 0 Å². The number of aryl methyl sites for hydroxylation is 1. The van der Waals surface area contributed by atoms with E-state index in [0.717, 1.165) is 11.5 Å². The maximum Gasteiger partial charge on any atom is 0.176 e. The van der Waals surface area contributed by atoms with Gasteiger partial charge in [-0.25, -0.2) is 4.57 Å². The minimum absolute atomic E-state index is 0.847. The second-order valence-electron chi connectivity index (χ2n) is 4.70. The van der Waals surface area contributed by atoms with Gasteiger partial charge < -0.3 is 4.74 Å². The van der Waals surface area contributed by atoms with Crippen molar-refractivity contribution in [3.05, 3.63) is 79.1 Å². The number of ether oxygens (including phenoxy) is 1. The number of hydrogen-bond acceptors (Lipinski definition) is 1. The topological polar surface area (TPSA) is 13.1 Å². The predicted octanol–water partition coefficient (Wildman–Crippen LogP) is 3.97. The maximum absolute atomic E-state index is 5.79. The van der Waals surface area contributed by atoms with Gasteiger partial charge in [0.15, 0.2) is 12.4 Å². The predicted molar refractivity (Wildman–Crippen MR) is 79.6 cm³/mol. The second-order valence-corrected chi connectivity index (χ2v) is 4.70. The number of nitrogens with zero attached hydrogens (tertiary/aromatic N) is 1. The largest absolute Gasteiger partial charge is 0.457 e. The first-order chi connectivity index (χ1) is 9.81. The molecule has 0 radical (unpaired) electrons. The fourth-order valence-electron chi connectivity index (χ4n) is 2.10. The van der Waals surface area contributed by atoms with Crippen LogP contribution in [-0.4, -0.2) is 0 Å². The lowest BCUT2D eigenvalue weighted by atomic mass is 10.1. The van der Waals surface area contributed by atoms with Crippen molar-refractivity contribution in [1.29, 1.82) is 0 Å². The Bertz CT molecular complexity index is 690. The van der Waals surface area contributed by atoms with Crippen LogP contribution in [0.2, 0.25) is 0 Å². The molecule has 3 aromatic rings. The van der Waals surface area contributed by atoms with Crippen LogP contribution in [0.1, 0.15) is 0 Å². The van der Waals surface area contributed by atoms with E-state index in [1.807, 2.05) is 66.3 Å². The van der Waals surface area contributed by atoms with Gasteiger partial charge in [0.2, 0.25) is 0 Å². The molecule has 20 heavy (non-hydrogen) atoms. The summed E-state index contributed by atoms with van der Waals surface area (Å²) < 4.78 is 7.83. The molecule has 2 heteroatoms. The molecule has 1 heterocycles. The van der Waals surface area contributed by atoms with Gasteiger partial charge in [-0.3, -0.25) is 0 Å². The average Bonchev–Trinajstić information content (AvgIpc) is 2.49. The quantitative estimate of drug-likeness (QED) is 0.651. The summed E-state index contributed by atoms with van der Waals surface area (Å²) in [6.07, 6.45) is 4.13. The molecule has 0 saturated carbocycles. The number of aromatic nitrogens is 1. The van der Waals surface area contributed by atoms with Crippen LogP contribution >= 0.6 is 0 Å². The minimum atomic E-state index is 0.847. The van der Waals surface area contributed by atoms with Crippen molar-refractivity contribution in [2.24, 2.45) is 7.05 Å². The standard InChI is InChI=1S/C18H16NO/c1-19-13-5-6-16(14-19)15-9-11-18(12-10-15)20-17-7-3-2-4-8-17/h2-14H,1H3/q+1. The SMILES string of the molecule is C[n+]1cccc(-c2ccc(Oc3ccccc3)cc2)c1. The summed E-state index contributed by atoms with van der Waals surface area (Å²) in [5.41, 5.74) is 2.38. The fourth-order valence-corrected chi connectivity index (χ4v) is 2.10. The molecule has 0 bridgehead atoms. The zero-order valence-corrected chi connectivity index (χ0v) is 11.4. The number of rotatable bonds is 3. The number of pyridine rings is 1. The molecule has 0 N–H and O–H groups in total. The molecule has 0 saturated heterocycles. The van der Waals surface area contributed by atoms with Gasteiger partial charge in [0.25, 0.3) is 0 Å². The molecule has 0 fully saturated rings. The molecule has 0 amide bonds. The van der Waals surface area contributed by atoms with Crippen LogP contribution in [0, 0.1) is 0 Å². The Morgan fingerprint density at radius 3 is 2.10 bits per heavy atom. The van der Waals surface area contributed by atoms with Gasteiger partial charge in [0.05, 0.1) is 0 Å². The highest BCUT2D eigenvalue weighted by Gasteiger charge is 2.02. The Kier molecular flexibility index (Phi) is 3.46. The number of para-hydroxylation sites is 1. The molecular weight excluding hydrogens is 246 g/mol. The van der Waals surface area contributed by atoms with Crippen molar-refractivity contribution in [2.45, 2.75) is 0 Å². The van der Waals surface area contributed by atoms with E-state index in [4.69, 9.17) is 4.74 Å². The first-order valence-corrected chi connectivity index (χ1v) is 6.60. The molecule has 98 valence electrons. The average molecular weight is 262 g/mol. The minimum Gasteiger partial charge on any atom is -0.457 e. The molecular formula is C18H16NO+. The van der Waals surface area contributed by atoms with Crippen molar-refractivity contribution < 1.29 is 9.30 Å². The summed E-state index contributed by atoms with van der Waals surface area (Å²) >= 11 is 0. The molecule has 0 aliphatic carbocycles. The summed E-state index contributed by atoms with van der Waals surface area (Å²) in [5.74, 6) is 1.70. The third-order valence-electron chi connectivity index (χ3n) is 3.11. The van der Waals surface area contributed by atoms with Gasteiger partial charge in [-0.15, -0.1) is 0 Å². The first kappa shape index (κ1) is 12.4. The zero-order chi connectivity index (χ0) is 13.8. The monoisotopic (exact) mass is 262 g/mol. The van der Waals surface area contributed by atoms with Crippen molar-refractivity contribution in [3.63, 3.8) is 0 Å². The van der Waals surface area contributed by atoms with E-state index in [9.17, 15) is 0 Å². The van der Waals surface area contributed by atoms with E-state index in [1.165, 1.54) is 11.1 Å². The smallest absolute Gasteiger partial charge is 0.176 e. The summed E-state index contributed by atoms with van der Waals surface area (Å²) in [5, 5.41) is 0. The fraction of sp³-hybridized carbons (Fsp3) is 0.0556. The van der Waals surface area contributed by atoms with E-state index >= 15 is 0 Å². The third kappa shape index (κ3) is 2.86. The van der Waals surface area contributed by atoms with Gasteiger partial charge in [-0.05, 0) is 35.9 Å². The summed E-state index contributed by atoms with van der Waals surface area (Å²) in [6, 6.07) is 22.1. The van der Waals surface area contributed by atoms with E-state index in [0.29, 0.717) is 0 Å². The Labute approximate surface area is 118 Å². The van der Waals surface area contributed by atoms with Crippen molar-refractivity contribution in [1.82, 2.24) is 0 Å². The Morgan fingerprint density at radius 2 is 1.40 bits per heavy atom. The van der Waals surface area contributed by atoms with Gasteiger partial charge in [-0.1, -0.05) is 30.3 Å². The highest BCUT2D eigenvalue weighted by Crippen LogP contribution is 2.24. The van der Waals surface area contributed by atoms with Crippen LogP contribution in [0.25, 0.3) is 11.1 Å². The van der Waals surface area contributed by atoms with E-state index in [-0.39, 0.29) is 0 Å². The third-order valence-corrected chi connectivity index (χ3v) is 3.11. The highest BCUT2D eigenvalue weighted by molar-refractivity contribution is 5.62. The Balaban J connectivity index is 1.81. The van der Waals surface area contributed by atoms with Gasteiger partial charge in [0.1, 0.15) is 18.5 Å². The molecule has 0 aliphatic heterocycles. The lowest BCUT2D eigenvalue weighted by Gasteiger charge is -2.06. The Hall–Kier alpha value is -2.61. The molecule has 1 aromatic heterocycles. The van der Waals surface area contributed by atoms with Crippen LogP contribution in [0.15, 0.2) is 79.1 Å². The Morgan fingerprint density at radius 1 is 0.700 bits per heavy atom. The lowest BCUT2D eigenvalue weighted by Crippen LogP contribution is -2.26. The van der Waals surface area contributed by atoms with Crippen LogP contribution in [0.3, 0.4) is 0 Å². The van der Waals surface area contributed by atoms with Gasteiger partial charge in [0, 0.05) is 11.6 Å². The van der Waals surface area contributed by atoms with Crippen molar-refractivity contribution in [2.75, 3.05) is 0 Å². The first-order valence-electron chi connectivity index (χ1n) is 6.60. The molecule has 0 aliphatic rings. The van der Waals surface area contributed by atoms with E-state index < -0.39 is 0 Å². The van der Waals surface area contributed by atoms with E-state index in [1.54, 1.807) is 0 Å². The van der Waals surface area contributed by atoms with Crippen LogP contribution < -0.4 is 9.30 Å². The highest BCUT2D eigenvalue weighted by atomic mass is 16.5. The molecule has 2 aromatic carbocycles. The number of hydrogen-bond donors (Lipinski definition) is 0. The lowest BCUT2D eigenvalue weighted by molar-refractivity contribution is -0.671. The zero-order valence-electron chi connectivity index (χ0n) is 11.4. The van der Waals surface area contributed by atoms with Crippen LogP contribution in [0.4, 0.5) is 0 Å².